The van der Waals surface area contributed by atoms with Gasteiger partial charge >= 0.3 is 0 Å². The van der Waals surface area contributed by atoms with Crippen molar-refractivity contribution in [1.29, 1.82) is 0 Å². The van der Waals surface area contributed by atoms with Gasteiger partial charge in [-0.2, -0.15) is 0 Å². The summed E-state index contributed by atoms with van der Waals surface area (Å²) in [5, 5.41) is 0. The highest BCUT2D eigenvalue weighted by atomic mass is 79.9. The van der Waals surface area contributed by atoms with E-state index in [0.29, 0.717) is 0 Å². The Morgan fingerprint density at radius 3 is 2.80 bits per heavy atom. The average molecular weight is 268 g/mol. The molecule has 2 N–H and O–H groups in total. The zero-order valence-corrected chi connectivity index (χ0v) is 10.5. The average Bonchev–Trinajstić information content (AvgIpc) is 2.22. The maximum atomic E-state index is 6.06. The Morgan fingerprint density at radius 1 is 1.40 bits per heavy atom. The van der Waals surface area contributed by atoms with Gasteiger partial charge in [0.05, 0.1) is 0 Å². The third kappa shape index (κ3) is 4.63. The van der Waals surface area contributed by atoms with Crippen LogP contribution in [0.3, 0.4) is 0 Å². The van der Waals surface area contributed by atoms with E-state index >= 15 is 0 Å². The molecule has 0 fully saturated rings. The summed E-state index contributed by atoms with van der Waals surface area (Å²) >= 11 is 3.53. The van der Waals surface area contributed by atoms with Crippen molar-refractivity contribution in [2.24, 2.45) is 5.73 Å². The van der Waals surface area contributed by atoms with Gasteiger partial charge in [0.2, 0.25) is 0 Å². The molecular weight excluding hydrogens is 250 g/mol. The zero-order valence-electron chi connectivity index (χ0n) is 8.95. The summed E-state index contributed by atoms with van der Waals surface area (Å²) in [6, 6.07) is 8.51. The number of unbranched alkanes of at least 4 members (excludes halogenated alkanes) is 1. The van der Waals surface area contributed by atoms with E-state index < -0.39 is 0 Å². The highest BCUT2D eigenvalue weighted by Crippen LogP contribution is 2.18. The lowest BCUT2D eigenvalue weighted by Crippen LogP contribution is -2.22. The lowest BCUT2D eigenvalue weighted by Gasteiger charge is -2.12. The third-order valence-corrected chi connectivity index (χ3v) is 3.20. The first kappa shape index (κ1) is 12.5. The van der Waals surface area contributed by atoms with E-state index in [-0.39, 0.29) is 6.04 Å². The molecule has 1 aromatic rings. The van der Waals surface area contributed by atoms with Crippen LogP contribution in [0.2, 0.25) is 0 Å². The molecule has 1 rings (SSSR count). The molecule has 0 heterocycles. The fourth-order valence-corrected chi connectivity index (χ4v) is 2.02. The van der Waals surface area contributed by atoms with E-state index in [1.165, 1.54) is 5.56 Å². The van der Waals surface area contributed by atoms with Crippen molar-refractivity contribution in [3.8, 4) is 0 Å². The molecule has 1 aromatic carbocycles. The maximum Gasteiger partial charge on any atom is 0.0207 e. The number of hydrogen-bond donors (Lipinski definition) is 1. The summed E-state index contributed by atoms with van der Waals surface area (Å²) in [4.78, 5) is 0. The summed E-state index contributed by atoms with van der Waals surface area (Å²) < 4.78 is 1.16. The van der Waals surface area contributed by atoms with Gasteiger partial charge in [0.15, 0.2) is 0 Å². The molecule has 0 amide bonds. The molecule has 1 nitrogen and oxygen atoms in total. The van der Waals surface area contributed by atoms with Crippen LogP contribution in [0.5, 0.6) is 0 Å². The van der Waals surface area contributed by atoms with Gasteiger partial charge < -0.3 is 5.73 Å². The molecule has 0 saturated heterocycles. The predicted molar refractivity (Wildman–Crippen MR) is 69.9 cm³/mol. The quantitative estimate of drug-likeness (QED) is 0.618. The Hall–Kier alpha value is -0.600. The number of halogens is 1. The highest BCUT2D eigenvalue weighted by Gasteiger charge is 2.05. The number of benzene rings is 1. The van der Waals surface area contributed by atoms with Crippen molar-refractivity contribution in [3.05, 3.63) is 47.0 Å². The van der Waals surface area contributed by atoms with Crippen LogP contribution in [0, 0.1) is 0 Å². The molecule has 0 radical (unpaired) electrons. The minimum Gasteiger partial charge on any atom is -0.327 e. The van der Waals surface area contributed by atoms with Crippen LogP contribution < -0.4 is 5.73 Å². The summed E-state index contributed by atoms with van der Waals surface area (Å²) in [5.41, 5.74) is 7.36. The van der Waals surface area contributed by atoms with Gasteiger partial charge in [-0.15, -0.1) is 6.58 Å². The lowest BCUT2D eigenvalue weighted by molar-refractivity contribution is 0.583. The van der Waals surface area contributed by atoms with Crippen molar-refractivity contribution >= 4 is 15.9 Å². The van der Waals surface area contributed by atoms with Gasteiger partial charge in [-0.25, -0.2) is 0 Å². The smallest absolute Gasteiger partial charge is 0.0207 e. The van der Waals surface area contributed by atoms with E-state index in [9.17, 15) is 0 Å². The van der Waals surface area contributed by atoms with Crippen LogP contribution in [0.1, 0.15) is 24.8 Å². The molecule has 82 valence electrons. The molecule has 0 unspecified atom stereocenters. The predicted octanol–water partition coefficient (Wildman–Crippen LogP) is 3.68. The first-order valence-corrected chi connectivity index (χ1v) is 6.13. The van der Waals surface area contributed by atoms with E-state index in [1.807, 2.05) is 12.1 Å². The number of allylic oxidation sites excluding steroid dienone is 1. The highest BCUT2D eigenvalue weighted by molar-refractivity contribution is 9.10. The Balaban J connectivity index is 2.40. The summed E-state index contributed by atoms with van der Waals surface area (Å²) in [6.45, 7) is 3.71. The Kier molecular flexibility index (Phi) is 5.66. The minimum absolute atomic E-state index is 0.253. The van der Waals surface area contributed by atoms with Crippen molar-refractivity contribution in [3.63, 3.8) is 0 Å². The van der Waals surface area contributed by atoms with Crippen LogP contribution in [0.15, 0.2) is 41.4 Å². The molecule has 0 aromatic heterocycles. The Morgan fingerprint density at radius 2 is 2.13 bits per heavy atom. The number of rotatable bonds is 6. The van der Waals surface area contributed by atoms with Crippen molar-refractivity contribution < 1.29 is 0 Å². The third-order valence-electron chi connectivity index (χ3n) is 2.42. The van der Waals surface area contributed by atoms with Crippen molar-refractivity contribution in [2.45, 2.75) is 31.7 Å². The van der Waals surface area contributed by atoms with Crippen LogP contribution in [-0.2, 0) is 6.42 Å². The van der Waals surface area contributed by atoms with E-state index in [1.54, 1.807) is 0 Å². The van der Waals surface area contributed by atoms with Gasteiger partial charge in [0.25, 0.3) is 0 Å². The molecule has 2 heteroatoms. The van der Waals surface area contributed by atoms with E-state index in [0.717, 1.165) is 30.2 Å². The van der Waals surface area contributed by atoms with Crippen molar-refractivity contribution in [1.82, 2.24) is 0 Å². The van der Waals surface area contributed by atoms with E-state index in [4.69, 9.17) is 5.73 Å². The molecular formula is C13H18BrN. The second-order valence-electron chi connectivity index (χ2n) is 3.78. The summed E-state index contributed by atoms with van der Waals surface area (Å²) in [5.74, 6) is 0. The van der Waals surface area contributed by atoms with Gasteiger partial charge in [0, 0.05) is 10.5 Å². The standard InChI is InChI=1S/C13H18BrN/c1-2-3-4-8-12(15)10-11-7-5-6-9-13(11)14/h2,5-7,9,12H,1,3-4,8,10,15H2/t12-/m0/s1. The maximum absolute atomic E-state index is 6.06. The minimum atomic E-state index is 0.253. The second kappa shape index (κ2) is 6.81. The fourth-order valence-electron chi connectivity index (χ4n) is 1.57. The molecule has 0 aliphatic heterocycles. The lowest BCUT2D eigenvalue weighted by atomic mass is 10.0. The first-order chi connectivity index (χ1) is 7.24. The van der Waals surface area contributed by atoms with Crippen LogP contribution in [0.25, 0.3) is 0 Å². The molecule has 0 spiro atoms. The van der Waals surface area contributed by atoms with Gasteiger partial charge in [0.1, 0.15) is 0 Å². The summed E-state index contributed by atoms with van der Waals surface area (Å²) in [7, 11) is 0. The first-order valence-electron chi connectivity index (χ1n) is 5.34. The van der Waals surface area contributed by atoms with E-state index in [2.05, 4.69) is 40.7 Å². The second-order valence-corrected chi connectivity index (χ2v) is 4.63. The molecule has 0 aliphatic carbocycles. The Labute approximate surface area is 101 Å². The molecule has 15 heavy (non-hydrogen) atoms. The fraction of sp³-hybridized carbons (Fsp3) is 0.385. The Bertz CT molecular complexity index is 309. The monoisotopic (exact) mass is 267 g/mol. The molecule has 0 bridgehead atoms. The largest absolute Gasteiger partial charge is 0.327 e. The molecule has 1 atom stereocenters. The number of nitrogens with two attached hydrogens (primary N) is 1. The van der Waals surface area contributed by atoms with Gasteiger partial charge in [-0.05, 0) is 37.3 Å². The van der Waals surface area contributed by atoms with Gasteiger partial charge in [-0.1, -0.05) is 40.2 Å². The normalized spacial score (nSPS) is 12.4. The van der Waals surface area contributed by atoms with Crippen LogP contribution in [-0.4, -0.2) is 6.04 Å². The van der Waals surface area contributed by atoms with Gasteiger partial charge in [-0.3, -0.25) is 0 Å². The van der Waals surface area contributed by atoms with Crippen molar-refractivity contribution in [2.75, 3.05) is 0 Å². The molecule has 0 saturated carbocycles. The zero-order chi connectivity index (χ0) is 11.1. The summed E-state index contributed by atoms with van der Waals surface area (Å²) in [6.07, 6.45) is 6.15. The topological polar surface area (TPSA) is 26.0 Å². The SMILES string of the molecule is C=CCCC[C@H](N)Cc1ccccc1Br. The van der Waals surface area contributed by atoms with Crippen LogP contribution >= 0.6 is 15.9 Å². The van der Waals surface area contributed by atoms with Crippen LogP contribution in [0.4, 0.5) is 0 Å². The molecule has 0 aliphatic rings. The number of hydrogen-bond acceptors (Lipinski definition) is 1.